The molecule has 1 fully saturated rings. The molecule has 2 aromatic rings. The summed E-state index contributed by atoms with van der Waals surface area (Å²) in [4.78, 5) is 12.3. The third kappa shape index (κ3) is 4.34. The van der Waals surface area contributed by atoms with E-state index in [9.17, 15) is 26.4 Å². The molecule has 11 heteroatoms. The molecule has 0 bridgehead atoms. The van der Waals surface area contributed by atoms with Crippen molar-refractivity contribution < 1.29 is 35.6 Å². The molecule has 0 aliphatic heterocycles. The van der Waals surface area contributed by atoms with Crippen LogP contribution in [0.3, 0.4) is 0 Å². The number of carbonyl (C=O) groups is 1. The van der Waals surface area contributed by atoms with Gasteiger partial charge in [-0.1, -0.05) is 5.16 Å². The lowest BCUT2D eigenvalue weighted by atomic mass is 10.0. The molecule has 0 saturated heterocycles. The number of ether oxygens (including phenoxy) is 1. The first-order chi connectivity index (χ1) is 12.5. The fourth-order valence-corrected chi connectivity index (χ4v) is 4.22. The monoisotopic (exact) mass is 467 g/mol. The van der Waals surface area contributed by atoms with Gasteiger partial charge in [-0.3, -0.25) is 4.79 Å². The number of hydrogen-bond acceptors (Lipinski definition) is 6. The molecule has 1 heterocycles. The molecule has 0 amide bonds. The molecule has 1 aliphatic rings. The zero-order valence-corrected chi connectivity index (χ0v) is 16.2. The Morgan fingerprint density at radius 3 is 2.56 bits per heavy atom. The Morgan fingerprint density at radius 1 is 1.33 bits per heavy atom. The second kappa shape index (κ2) is 6.93. The smallest absolute Gasteiger partial charge is 0.422 e. The van der Waals surface area contributed by atoms with Gasteiger partial charge < -0.3 is 9.26 Å². The van der Waals surface area contributed by atoms with Gasteiger partial charge in [0.15, 0.2) is 33.7 Å². The van der Waals surface area contributed by atoms with E-state index in [-0.39, 0.29) is 21.5 Å². The van der Waals surface area contributed by atoms with E-state index in [0.717, 1.165) is 19.1 Å². The van der Waals surface area contributed by atoms with Gasteiger partial charge in [-0.05, 0) is 40.9 Å². The van der Waals surface area contributed by atoms with Crippen LogP contribution >= 0.6 is 15.9 Å². The van der Waals surface area contributed by atoms with Crippen molar-refractivity contribution >= 4 is 31.6 Å². The van der Waals surface area contributed by atoms with Gasteiger partial charge >= 0.3 is 6.18 Å². The van der Waals surface area contributed by atoms with Crippen LogP contribution in [0.2, 0.25) is 0 Å². The van der Waals surface area contributed by atoms with E-state index in [0.29, 0.717) is 5.76 Å². The number of hydrogen-bond donors (Lipinski definition) is 0. The maximum atomic E-state index is 12.9. The summed E-state index contributed by atoms with van der Waals surface area (Å²) < 4.78 is 72.0. The van der Waals surface area contributed by atoms with Gasteiger partial charge in [-0.15, -0.1) is 0 Å². The van der Waals surface area contributed by atoms with Crippen molar-refractivity contribution in [1.82, 2.24) is 5.16 Å². The van der Waals surface area contributed by atoms with Crippen LogP contribution in [0.5, 0.6) is 5.75 Å². The molecule has 0 radical (unpaired) electrons. The van der Waals surface area contributed by atoms with Crippen molar-refractivity contribution in [3.8, 4) is 5.75 Å². The summed E-state index contributed by atoms with van der Waals surface area (Å²) in [5.74, 6) is -0.891. The molecule has 0 spiro atoms. The Morgan fingerprint density at radius 2 is 2.00 bits per heavy atom. The van der Waals surface area contributed by atoms with Gasteiger partial charge in [-0.2, -0.15) is 13.2 Å². The van der Waals surface area contributed by atoms with E-state index in [1.807, 2.05) is 0 Å². The zero-order valence-electron chi connectivity index (χ0n) is 13.8. The van der Waals surface area contributed by atoms with Crippen molar-refractivity contribution in [3.05, 3.63) is 39.7 Å². The maximum Gasteiger partial charge on any atom is 0.422 e. The number of ketones is 1. The van der Waals surface area contributed by atoms with Gasteiger partial charge in [-0.25, -0.2) is 8.42 Å². The Bertz CT molecular complexity index is 996. The Labute approximate surface area is 160 Å². The molecule has 27 heavy (non-hydrogen) atoms. The largest absolute Gasteiger partial charge is 0.482 e. The van der Waals surface area contributed by atoms with E-state index in [1.165, 1.54) is 18.3 Å². The van der Waals surface area contributed by atoms with E-state index in [2.05, 4.69) is 21.1 Å². The van der Waals surface area contributed by atoms with Crippen LogP contribution in [0.25, 0.3) is 0 Å². The maximum absolute atomic E-state index is 12.9. The van der Waals surface area contributed by atoms with E-state index >= 15 is 0 Å². The van der Waals surface area contributed by atoms with E-state index in [4.69, 9.17) is 9.26 Å². The zero-order chi connectivity index (χ0) is 20.0. The lowest BCUT2D eigenvalue weighted by Gasteiger charge is -2.16. The number of rotatable bonds is 6. The van der Waals surface area contributed by atoms with Crippen molar-refractivity contribution in [1.29, 1.82) is 0 Å². The lowest BCUT2D eigenvalue weighted by molar-refractivity contribution is -0.153. The molecule has 0 unspecified atom stereocenters. The number of benzene rings is 1. The molecule has 0 atom stereocenters. The van der Waals surface area contributed by atoms with Crippen molar-refractivity contribution in [2.45, 2.75) is 29.8 Å². The van der Waals surface area contributed by atoms with Crippen molar-refractivity contribution in [2.24, 2.45) is 0 Å². The predicted molar refractivity (Wildman–Crippen MR) is 90.7 cm³/mol. The molecule has 1 aliphatic carbocycles. The van der Waals surface area contributed by atoms with E-state index in [1.54, 1.807) is 0 Å². The molecule has 1 aromatic heterocycles. The summed E-state index contributed by atoms with van der Waals surface area (Å²) in [5, 5.41) is 3.60. The topological polar surface area (TPSA) is 86.5 Å². The highest BCUT2D eigenvalue weighted by Crippen LogP contribution is 2.43. The minimum absolute atomic E-state index is 0.0172. The summed E-state index contributed by atoms with van der Waals surface area (Å²) in [6, 6.07) is 2.48. The van der Waals surface area contributed by atoms with Gasteiger partial charge in [0.05, 0.1) is 16.2 Å². The number of nitrogens with zero attached hydrogens (tertiary/aromatic N) is 1. The first kappa shape index (κ1) is 19.9. The first-order valence-electron chi connectivity index (χ1n) is 7.70. The standard InChI is InChI=1S/C16H13BrF3NO5S/c1-27(23,24)15-9(4-5-11(17)14(15)25-7-16(18,19)20)12(22)10-6-21-26-13(10)8-2-3-8/h4-6,8H,2-3,7H2,1H3. The highest BCUT2D eigenvalue weighted by molar-refractivity contribution is 9.10. The molecule has 0 N–H and O–H groups in total. The number of alkyl halides is 3. The van der Waals surface area contributed by atoms with Gasteiger partial charge in [0.25, 0.3) is 0 Å². The minimum atomic E-state index is -4.68. The van der Waals surface area contributed by atoms with Crippen molar-refractivity contribution in [2.75, 3.05) is 12.9 Å². The molecule has 3 rings (SSSR count). The molecule has 6 nitrogen and oxygen atoms in total. The number of halogens is 4. The summed E-state index contributed by atoms with van der Waals surface area (Å²) in [7, 11) is -4.10. The summed E-state index contributed by atoms with van der Waals surface area (Å²) in [6.45, 7) is -1.70. The molecular formula is C16H13BrF3NO5S. The predicted octanol–water partition coefficient (Wildman–Crippen LogP) is 3.89. The lowest BCUT2D eigenvalue weighted by Crippen LogP contribution is -2.21. The fourth-order valence-electron chi connectivity index (χ4n) is 2.58. The SMILES string of the molecule is CS(=O)(=O)c1c(C(=O)c2cnoc2C2CC2)ccc(Br)c1OCC(F)(F)F. The van der Waals surface area contributed by atoms with Crippen LogP contribution in [0.1, 0.15) is 40.4 Å². The van der Waals surface area contributed by atoms with Crippen LogP contribution < -0.4 is 4.74 Å². The second-order valence-electron chi connectivity index (χ2n) is 6.14. The Hall–Kier alpha value is -1.88. The van der Waals surface area contributed by atoms with Crippen LogP contribution in [0.15, 0.2) is 32.2 Å². The normalized spacial score (nSPS) is 15.0. The van der Waals surface area contributed by atoms with Crippen LogP contribution in [0, 0.1) is 0 Å². The molecule has 146 valence electrons. The minimum Gasteiger partial charge on any atom is -0.482 e. The highest BCUT2D eigenvalue weighted by atomic mass is 79.9. The average Bonchev–Trinajstić information content (AvgIpc) is 3.28. The number of sulfone groups is 1. The van der Waals surface area contributed by atoms with Gasteiger partial charge in [0, 0.05) is 17.7 Å². The Balaban J connectivity index is 2.12. The summed E-state index contributed by atoms with van der Waals surface area (Å²) in [6.07, 6.45) is -1.08. The number of aromatic nitrogens is 1. The molecule has 1 aromatic carbocycles. The summed E-state index contributed by atoms with van der Waals surface area (Å²) in [5.41, 5.74) is -0.213. The highest BCUT2D eigenvalue weighted by Gasteiger charge is 2.36. The van der Waals surface area contributed by atoms with Crippen molar-refractivity contribution in [3.63, 3.8) is 0 Å². The third-order valence-corrected chi connectivity index (χ3v) is 5.62. The Kier molecular flexibility index (Phi) is 5.10. The number of carbonyl (C=O) groups excluding carboxylic acids is 1. The quantitative estimate of drug-likeness (QED) is 0.599. The average molecular weight is 468 g/mol. The van der Waals surface area contributed by atoms with Gasteiger partial charge in [0.1, 0.15) is 4.90 Å². The van der Waals surface area contributed by atoms with Gasteiger partial charge in [0.2, 0.25) is 0 Å². The van der Waals surface area contributed by atoms with Crippen LogP contribution in [0.4, 0.5) is 13.2 Å². The molecular weight excluding hydrogens is 455 g/mol. The van der Waals surface area contributed by atoms with Crippen LogP contribution in [-0.2, 0) is 9.84 Å². The fraction of sp³-hybridized carbons (Fsp3) is 0.375. The second-order valence-corrected chi connectivity index (χ2v) is 8.94. The van der Waals surface area contributed by atoms with E-state index < -0.39 is 39.0 Å². The summed E-state index contributed by atoms with van der Waals surface area (Å²) >= 11 is 2.99. The third-order valence-electron chi connectivity index (χ3n) is 3.85. The van der Waals surface area contributed by atoms with Crippen LogP contribution in [-0.4, -0.2) is 38.4 Å². The molecule has 1 saturated carbocycles. The first-order valence-corrected chi connectivity index (χ1v) is 10.4.